The third kappa shape index (κ3) is 1.34. The molecule has 2 saturated heterocycles. The molecule has 0 aromatic carbocycles. The summed E-state index contributed by atoms with van der Waals surface area (Å²) < 4.78 is 5.66. The minimum atomic E-state index is -0.371. The van der Waals surface area contributed by atoms with Gasteiger partial charge in [-0.1, -0.05) is 13.3 Å². The van der Waals surface area contributed by atoms with E-state index in [4.69, 9.17) is 4.74 Å². The van der Waals surface area contributed by atoms with Gasteiger partial charge in [0.2, 0.25) is 5.91 Å². The largest absolute Gasteiger partial charge is 0.354 e. The van der Waals surface area contributed by atoms with Gasteiger partial charge in [-0.05, 0) is 26.2 Å². The van der Waals surface area contributed by atoms with Crippen molar-refractivity contribution in [2.75, 3.05) is 6.61 Å². The van der Waals surface area contributed by atoms with Crippen LogP contribution < -0.4 is 0 Å². The Morgan fingerprint density at radius 2 is 2.29 bits per heavy atom. The molecule has 14 heavy (non-hydrogen) atoms. The van der Waals surface area contributed by atoms with E-state index in [0.717, 1.165) is 25.9 Å². The number of carbonyl (C=O) groups is 1. The van der Waals surface area contributed by atoms with Crippen molar-refractivity contribution in [3.8, 4) is 0 Å². The Balaban J connectivity index is 2.16. The second-order valence-electron chi connectivity index (χ2n) is 4.84. The number of hydrogen-bond donors (Lipinski definition) is 0. The van der Waals surface area contributed by atoms with E-state index in [1.165, 1.54) is 0 Å². The van der Waals surface area contributed by atoms with Gasteiger partial charge in [0.25, 0.3) is 0 Å². The first-order valence-electron chi connectivity index (χ1n) is 5.52. The molecule has 0 N–H and O–H groups in total. The lowest BCUT2D eigenvalue weighted by Gasteiger charge is -2.29. The number of amides is 1. The van der Waals surface area contributed by atoms with Gasteiger partial charge in [-0.15, -0.1) is 0 Å². The lowest BCUT2D eigenvalue weighted by Crippen LogP contribution is -2.43. The maximum Gasteiger partial charge on any atom is 0.225 e. The fourth-order valence-electron chi connectivity index (χ4n) is 2.79. The van der Waals surface area contributed by atoms with Crippen molar-refractivity contribution >= 4 is 5.91 Å². The van der Waals surface area contributed by atoms with Crippen molar-refractivity contribution in [2.24, 2.45) is 5.92 Å². The summed E-state index contributed by atoms with van der Waals surface area (Å²) in [5, 5.41) is 0. The Morgan fingerprint density at radius 1 is 1.57 bits per heavy atom. The van der Waals surface area contributed by atoms with Crippen molar-refractivity contribution in [3.63, 3.8) is 0 Å². The summed E-state index contributed by atoms with van der Waals surface area (Å²) in [6, 6.07) is 0.345. The summed E-state index contributed by atoms with van der Waals surface area (Å²) in [4.78, 5) is 13.8. The highest BCUT2D eigenvalue weighted by atomic mass is 16.5. The van der Waals surface area contributed by atoms with Crippen molar-refractivity contribution in [1.82, 2.24) is 4.90 Å². The maximum atomic E-state index is 11.8. The van der Waals surface area contributed by atoms with E-state index in [1.54, 1.807) is 0 Å². The van der Waals surface area contributed by atoms with E-state index in [1.807, 2.05) is 18.7 Å². The highest BCUT2D eigenvalue weighted by Crippen LogP contribution is 2.40. The third-order valence-corrected chi connectivity index (χ3v) is 3.43. The second kappa shape index (κ2) is 3.23. The SMILES string of the molecule is CCCC1CC(=O)N2C1COC2(C)C. The Labute approximate surface area is 85.4 Å². The van der Waals surface area contributed by atoms with E-state index < -0.39 is 0 Å². The zero-order chi connectivity index (χ0) is 10.3. The molecule has 0 aromatic rings. The zero-order valence-corrected chi connectivity index (χ0v) is 9.25. The van der Waals surface area contributed by atoms with E-state index in [2.05, 4.69) is 6.92 Å². The first-order valence-corrected chi connectivity index (χ1v) is 5.52. The summed E-state index contributed by atoms with van der Waals surface area (Å²) in [5.74, 6) is 0.797. The van der Waals surface area contributed by atoms with Crippen LogP contribution in [0.4, 0.5) is 0 Å². The molecular weight excluding hydrogens is 178 g/mol. The van der Waals surface area contributed by atoms with E-state index >= 15 is 0 Å². The Bertz CT molecular complexity index is 250. The van der Waals surface area contributed by atoms with Gasteiger partial charge in [0.15, 0.2) is 0 Å². The lowest BCUT2D eigenvalue weighted by atomic mass is 9.96. The van der Waals surface area contributed by atoms with Crippen LogP contribution in [0.1, 0.15) is 40.0 Å². The van der Waals surface area contributed by atoms with Gasteiger partial charge in [-0.2, -0.15) is 0 Å². The first-order chi connectivity index (χ1) is 6.56. The first kappa shape index (κ1) is 9.97. The average molecular weight is 197 g/mol. The highest BCUT2D eigenvalue weighted by molar-refractivity contribution is 5.80. The highest BCUT2D eigenvalue weighted by Gasteiger charge is 2.51. The van der Waals surface area contributed by atoms with Crippen LogP contribution in [0.25, 0.3) is 0 Å². The third-order valence-electron chi connectivity index (χ3n) is 3.43. The molecule has 2 heterocycles. The number of ether oxygens (including phenoxy) is 1. The maximum absolute atomic E-state index is 11.8. The molecule has 2 fully saturated rings. The molecule has 0 aliphatic carbocycles. The molecule has 2 aliphatic rings. The van der Waals surface area contributed by atoms with E-state index in [9.17, 15) is 4.79 Å². The Kier molecular flexibility index (Phi) is 2.30. The molecule has 0 bridgehead atoms. The Hall–Kier alpha value is -0.570. The summed E-state index contributed by atoms with van der Waals surface area (Å²) in [5.41, 5.74) is -0.371. The topological polar surface area (TPSA) is 29.5 Å². The standard InChI is InChI=1S/C11H19NO2/c1-4-5-8-6-10(13)12-9(8)7-14-11(12,2)3/h8-9H,4-7H2,1-3H3. The van der Waals surface area contributed by atoms with Gasteiger partial charge in [-0.3, -0.25) is 4.79 Å². The fraction of sp³-hybridized carbons (Fsp3) is 0.909. The average Bonchev–Trinajstić information content (AvgIpc) is 2.55. The van der Waals surface area contributed by atoms with Gasteiger partial charge in [0, 0.05) is 6.42 Å². The van der Waals surface area contributed by atoms with Crippen LogP contribution >= 0.6 is 0 Å². The van der Waals surface area contributed by atoms with Crippen LogP contribution in [0.15, 0.2) is 0 Å². The van der Waals surface area contributed by atoms with Crippen LogP contribution in [0, 0.1) is 5.92 Å². The second-order valence-corrected chi connectivity index (χ2v) is 4.84. The molecule has 2 atom stereocenters. The molecule has 0 saturated carbocycles. The summed E-state index contributed by atoms with van der Waals surface area (Å²) in [7, 11) is 0. The molecule has 0 radical (unpaired) electrons. The Morgan fingerprint density at radius 3 is 2.93 bits per heavy atom. The number of rotatable bonds is 2. The molecule has 0 spiro atoms. The normalized spacial score (nSPS) is 35.1. The molecule has 3 nitrogen and oxygen atoms in total. The predicted molar refractivity (Wildman–Crippen MR) is 53.7 cm³/mol. The van der Waals surface area contributed by atoms with Crippen molar-refractivity contribution in [2.45, 2.75) is 51.8 Å². The summed E-state index contributed by atoms with van der Waals surface area (Å²) in [6.07, 6.45) is 3.03. The van der Waals surface area contributed by atoms with Crippen LogP contribution in [0.2, 0.25) is 0 Å². The number of fused-ring (bicyclic) bond motifs is 1. The number of carbonyl (C=O) groups excluding carboxylic acids is 1. The van der Waals surface area contributed by atoms with Gasteiger partial charge < -0.3 is 9.64 Å². The monoisotopic (exact) mass is 197 g/mol. The molecule has 3 heteroatoms. The molecule has 1 amide bonds. The molecule has 2 unspecified atom stereocenters. The van der Waals surface area contributed by atoms with Crippen LogP contribution in [-0.2, 0) is 9.53 Å². The van der Waals surface area contributed by atoms with Gasteiger partial charge in [-0.25, -0.2) is 0 Å². The molecule has 80 valence electrons. The smallest absolute Gasteiger partial charge is 0.225 e. The van der Waals surface area contributed by atoms with Crippen LogP contribution in [0.5, 0.6) is 0 Å². The molecule has 2 rings (SSSR count). The van der Waals surface area contributed by atoms with E-state index in [-0.39, 0.29) is 11.6 Å². The van der Waals surface area contributed by atoms with Gasteiger partial charge in [0.1, 0.15) is 5.72 Å². The molecule has 2 aliphatic heterocycles. The van der Waals surface area contributed by atoms with Crippen LogP contribution in [0.3, 0.4) is 0 Å². The number of hydrogen-bond acceptors (Lipinski definition) is 2. The van der Waals surface area contributed by atoms with Crippen LogP contribution in [-0.4, -0.2) is 29.2 Å². The predicted octanol–water partition coefficient (Wildman–Crippen LogP) is 1.77. The van der Waals surface area contributed by atoms with Crippen molar-refractivity contribution < 1.29 is 9.53 Å². The fourth-order valence-corrected chi connectivity index (χ4v) is 2.79. The summed E-state index contributed by atoms with van der Waals surface area (Å²) in [6.45, 7) is 6.87. The van der Waals surface area contributed by atoms with Gasteiger partial charge in [0.05, 0.1) is 12.6 Å². The van der Waals surface area contributed by atoms with Gasteiger partial charge >= 0.3 is 0 Å². The minimum Gasteiger partial charge on any atom is -0.354 e. The quantitative estimate of drug-likeness (QED) is 0.675. The molecule has 0 aromatic heterocycles. The molecular formula is C11H19NO2. The van der Waals surface area contributed by atoms with Crippen molar-refractivity contribution in [3.05, 3.63) is 0 Å². The lowest BCUT2D eigenvalue weighted by molar-refractivity contribution is -0.141. The number of nitrogens with zero attached hydrogens (tertiary/aromatic N) is 1. The summed E-state index contributed by atoms with van der Waals surface area (Å²) >= 11 is 0. The minimum absolute atomic E-state index is 0.274. The zero-order valence-electron chi connectivity index (χ0n) is 9.25. The van der Waals surface area contributed by atoms with Crippen molar-refractivity contribution in [1.29, 1.82) is 0 Å². The van der Waals surface area contributed by atoms with E-state index in [0.29, 0.717) is 12.0 Å².